The van der Waals surface area contributed by atoms with E-state index in [1.165, 1.54) is 10.8 Å². The molecule has 1 atom stereocenters. The molecule has 0 bridgehead atoms. The van der Waals surface area contributed by atoms with Gasteiger partial charge in [0, 0.05) is 0 Å². The van der Waals surface area contributed by atoms with Crippen molar-refractivity contribution in [3.63, 3.8) is 0 Å². The molecule has 14 heavy (non-hydrogen) atoms. The molecule has 1 unspecified atom stereocenters. The minimum Gasteiger partial charge on any atom is -0.301 e. The molecule has 0 aliphatic heterocycles. The Bertz CT molecular complexity index is 434. The van der Waals surface area contributed by atoms with Crippen molar-refractivity contribution in [2.75, 3.05) is 7.05 Å². The average molecular weight is 206 g/mol. The standard InChI is InChI=1S/C12H12ClN/c1-14-12(13)11-8-4-6-9-5-2-3-7-10(9)11/h2-8,12,14H,1H3. The van der Waals surface area contributed by atoms with Crippen LogP contribution in [0.4, 0.5) is 0 Å². The largest absolute Gasteiger partial charge is 0.301 e. The van der Waals surface area contributed by atoms with Crippen molar-refractivity contribution in [2.24, 2.45) is 0 Å². The molecule has 2 rings (SSSR count). The minimum absolute atomic E-state index is 0.124. The van der Waals surface area contributed by atoms with Gasteiger partial charge < -0.3 is 5.32 Å². The Kier molecular flexibility index (Phi) is 2.71. The molecule has 0 aromatic heterocycles. The number of hydrogen-bond donors (Lipinski definition) is 1. The molecule has 0 amide bonds. The minimum atomic E-state index is -0.124. The zero-order valence-corrected chi connectivity index (χ0v) is 8.75. The molecule has 2 aromatic carbocycles. The van der Waals surface area contributed by atoms with E-state index < -0.39 is 0 Å². The molecule has 0 saturated heterocycles. The summed E-state index contributed by atoms with van der Waals surface area (Å²) >= 11 is 6.16. The van der Waals surface area contributed by atoms with Crippen LogP contribution in [0.5, 0.6) is 0 Å². The van der Waals surface area contributed by atoms with Crippen molar-refractivity contribution in [3.8, 4) is 0 Å². The van der Waals surface area contributed by atoms with E-state index in [2.05, 4.69) is 29.6 Å². The number of hydrogen-bond acceptors (Lipinski definition) is 1. The van der Waals surface area contributed by atoms with Gasteiger partial charge in [-0.15, -0.1) is 11.6 Å². The van der Waals surface area contributed by atoms with E-state index in [1.54, 1.807) is 0 Å². The number of benzene rings is 2. The van der Waals surface area contributed by atoms with E-state index in [-0.39, 0.29) is 5.50 Å². The maximum atomic E-state index is 6.16. The fourth-order valence-corrected chi connectivity index (χ4v) is 1.82. The molecule has 72 valence electrons. The number of fused-ring (bicyclic) bond motifs is 1. The molecule has 0 radical (unpaired) electrons. The van der Waals surface area contributed by atoms with Crippen LogP contribution in [0.1, 0.15) is 11.1 Å². The van der Waals surface area contributed by atoms with Gasteiger partial charge in [0.1, 0.15) is 5.50 Å². The fourth-order valence-electron chi connectivity index (χ4n) is 1.63. The van der Waals surface area contributed by atoms with E-state index >= 15 is 0 Å². The number of alkyl halides is 1. The lowest BCUT2D eigenvalue weighted by atomic mass is 10.0. The highest BCUT2D eigenvalue weighted by atomic mass is 35.5. The van der Waals surface area contributed by atoms with Crippen LogP contribution in [0.25, 0.3) is 10.8 Å². The van der Waals surface area contributed by atoms with Crippen molar-refractivity contribution in [1.29, 1.82) is 0 Å². The second-order valence-corrected chi connectivity index (χ2v) is 3.66. The summed E-state index contributed by atoms with van der Waals surface area (Å²) in [7, 11) is 1.86. The van der Waals surface area contributed by atoms with E-state index in [0.29, 0.717) is 0 Å². The summed E-state index contributed by atoms with van der Waals surface area (Å²) in [6.07, 6.45) is 0. The lowest BCUT2D eigenvalue weighted by molar-refractivity contribution is 0.789. The SMILES string of the molecule is CNC(Cl)c1cccc2ccccc12. The van der Waals surface area contributed by atoms with Crippen molar-refractivity contribution in [2.45, 2.75) is 5.50 Å². The Labute approximate surface area is 88.7 Å². The predicted molar refractivity (Wildman–Crippen MR) is 61.6 cm³/mol. The van der Waals surface area contributed by atoms with Gasteiger partial charge >= 0.3 is 0 Å². The number of nitrogens with one attached hydrogen (secondary N) is 1. The first-order valence-corrected chi connectivity index (χ1v) is 5.05. The molecular weight excluding hydrogens is 194 g/mol. The summed E-state index contributed by atoms with van der Waals surface area (Å²) < 4.78 is 0. The predicted octanol–water partition coefficient (Wildman–Crippen LogP) is 3.30. The van der Waals surface area contributed by atoms with Crippen LogP contribution in [0.2, 0.25) is 0 Å². The highest BCUT2D eigenvalue weighted by Gasteiger charge is 2.07. The first-order chi connectivity index (χ1) is 6.83. The normalized spacial score (nSPS) is 13.0. The smallest absolute Gasteiger partial charge is 0.108 e. The Morgan fingerprint density at radius 1 is 1.07 bits per heavy atom. The second-order valence-electron chi connectivity index (χ2n) is 3.22. The van der Waals surface area contributed by atoms with Crippen LogP contribution in [-0.2, 0) is 0 Å². The number of rotatable bonds is 2. The first kappa shape index (κ1) is 9.50. The van der Waals surface area contributed by atoms with Crippen molar-refractivity contribution in [3.05, 3.63) is 48.0 Å². The lowest BCUT2D eigenvalue weighted by Gasteiger charge is -2.11. The summed E-state index contributed by atoms with van der Waals surface area (Å²) in [6, 6.07) is 14.4. The third kappa shape index (κ3) is 1.61. The zero-order chi connectivity index (χ0) is 9.97. The van der Waals surface area contributed by atoms with E-state index in [0.717, 1.165) is 5.56 Å². The van der Waals surface area contributed by atoms with Gasteiger partial charge in [-0.25, -0.2) is 0 Å². The van der Waals surface area contributed by atoms with Crippen molar-refractivity contribution < 1.29 is 0 Å². The third-order valence-corrected chi connectivity index (χ3v) is 2.80. The fraction of sp³-hybridized carbons (Fsp3) is 0.167. The highest BCUT2D eigenvalue weighted by molar-refractivity contribution is 6.21. The maximum absolute atomic E-state index is 6.16. The molecule has 2 aromatic rings. The molecular formula is C12H12ClN. The van der Waals surface area contributed by atoms with Crippen LogP contribution in [0, 0.1) is 0 Å². The summed E-state index contributed by atoms with van der Waals surface area (Å²) in [5.41, 5.74) is 1.01. The summed E-state index contributed by atoms with van der Waals surface area (Å²) in [4.78, 5) is 0. The van der Waals surface area contributed by atoms with Crippen molar-refractivity contribution >= 4 is 22.4 Å². The summed E-state index contributed by atoms with van der Waals surface area (Å²) in [6.45, 7) is 0. The lowest BCUT2D eigenvalue weighted by Crippen LogP contribution is -2.10. The second kappa shape index (κ2) is 3.99. The molecule has 1 N–H and O–H groups in total. The number of halogens is 1. The van der Waals surface area contributed by atoms with Gasteiger partial charge in [-0.05, 0) is 23.4 Å². The van der Waals surface area contributed by atoms with Crippen molar-refractivity contribution in [1.82, 2.24) is 5.32 Å². The molecule has 0 saturated carbocycles. The highest BCUT2D eigenvalue weighted by Crippen LogP contribution is 2.25. The summed E-state index contributed by atoms with van der Waals surface area (Å²) in [5, 5.41) is 5.48. The molecule has 0 aliphatic rings. The summed E-state index contributed by atoms with van der Waals surface area (Å²) in [5.74, 6) is 0. The zero-order valence-electron chi connectivity index (χ0n) is 8.00. The van der Waals surface area contributed by atoms with Gasteiger partial charge in [0.15, 0.2) is 0 Å². The van der Waals surface area contributed by atoms with Crippen LogP contribution >= 0.6 is 11.6 Å². The Hall–Kier alpha value is -1.05. The van der Waals surface area contributed by atoms with Gasteiger partial charge in [0.05, 0.1) is 0 Å². The molecule has 0 aliphatic carbocycles. The Balaban J connectivity index is 2.65. The van der Waals surface area contributed by atoms with Crippen LogP contribution in [-0.4, -0.2) is 7.05 Å². The van der Waals surface area contributed by atoms with E-state index in [4.69, 9.17) is 11.6 Å². The van der Waals surface area contributed by atoms with E-state index in [1.807, 2.05) is 25.2 Å². The van der Waals surface area contributed by atoms with Crippen LogP contribution < -0.4 is 5.32 Å². The monoisotopic (exact) mass is 205 g/mol. The third-order valence-electron chi connectivity index (χ3n) is 2.35. The quantitative estimate of drug-likeness (QED) is 0.586. The van der Waals surface area contributed by atoms with Crippen LogP contribution in [0.15, 0.2) is 42.5 Å². The molecule has 1 nitrogen and oxygen atoms in total. The van der Waals surface area contributed by atoms with E-state index in [9.17, 15) is 0 Å². The van der Waals surface area contributed by atoms with Gasteiger partial charge in [-0.1, -0.05) is 42.5 Å². The first-order valence-electron chi connectivity index (χ1n) is 4.62. The average Bonchev–Trinajstić information content (AvgIpc) is 2.27. The Morgan fingerprint density at radius 2 is 1.79 bits per heavy atom. The molecule has 0 fully saturated rings. The maximum Gasteiger partial charge on any atom is 0.108 e. The van der Waals surface area contributed by atoms with Gasteiger partial charge in [-0.2, -0.15) is 0 Å². The van der Waals surface area contributed by atoms with Gasteiger partial charge in [0.25, 0.3) is 0 Å². The molecule has 0 spiro atoms. The molecule has 0 heterocycles. The van der Waals surface area contributed by atoms with Gasteiger partial charge in [-0.3, -0.25) is 0 Å². The molecule has 2 heteroatoms. The Morgan fingerprint density at radius 3 is 2.57 bits per heavy atom. The van der Waals surface area contributed by atoms with Gasteiger partial charge in [0.2, 0.25) is 0 Å². The van der Waals surface area contributed by atoms with Crippen LogP contribution in [0.3, 0.4) is 0 Å². The topological polar surface area (TPSA) is 12.0 Å².